The van der Waals surface area contributed by atoms with E-state index in [-0.39, 0.29) is 0 Å². The van der Waals surface area contributed by atoms with Crippen molar-refractivity contribution in [2.45, 2.75) is 26.7 Å². The van der Waals surface area contributed by atoms with Crippen LogP contribution in [-0.2, 0) is 0 Å². The summed E-state index contributed by atoms with van der Waals surface area (Å²) in [6.45, 7) is 4.98. The Labute approximate surface area is 101 Å². The maximum absolute atomic E-state index is 5.74. The number of hydrogen-bond donors (Lipinski definition) is 2. The van der Waals surface area contributed by atoms with Crippen LogP contribution in [0.4, 0.5) is 5.82 Å². The summed E-state index contributed by atoms with van der Waals surface area (Å²) in [6, 6.07) is 2.01. The van der Waals surface area contributed by atoms with Crippen molar-refractivity contribution in [2.75, 3.05) is 11.9 Å². The molecule has 1 aromatic rings. The molecule has 1 heterocycles. The Bertz CT molecular complexity index is 425. The lowest BCUT2D eigenvalue weighted by molar-refractivity contribution is 0.880. The fraction of sp³-hybridized carbons (Fsp3) is 0.500. The lowest BCUT2D eigenvalue weighted by atomic mass is 10.1. The Balaban J connectivity index is 2.27. The van der Waals surface area contributed by atoms with Crippen molar-refractivity contribution in [3.63, 3.8) is 0 Å². The molecule has 0 bridgehead atoms. The van der Waals surface area contributed by atoms with Gasteiger partial charge < -0.3 is 11.1 Å². The van der Waals surface area contributed by atoms with E-state index in [9.17, 15) is 0 Å². The van der Waals surface area contributed by atoms with Crippen LogP contribution in [0.2, 0.25) is 0 Å². The predicted molar refractivity (Wildman–Crippen MR) is 70.8 cm³/mol. The lowest BCUT2D eigenvalue weighted by Crippen LogP contribution is -2.17. The van der Waals surface area contributed by atoms with E-state index in [0.717, 1.165) is 35.1 Å². The van der Waals surface area contributed by atoms with Crippen LogP contribution < -0.4 is 11.1 Å². The maximum atomic E-state index is 5.74. The molecular formula is C12H17N3S. The molecule has 86 valence electrons. The van der Waals surface area contributed by atoms with Gasteiger partial charge in [-0.05, 0) is 44.2 Å². The van der Waals surface area contributed by atoms with Crippen molar-refractivity contribution in [3.8, 4) is 0 Å². The average molecular weight is 235 g/mol. The summed E-state index contributed by atoms with van der Waals surface area (Å²) in [5.41, 5.74) is 8.72. The molecule has 0 radical (unpaired) electrons. The molecule has 16 heavy (non-hydrogen) atoms. The molecule has 2 rings (SSSR count). The standard InChI is InChI=1S/C12H17N3S/c1-7-5-8(2)15-12(10(7)11(13)16)14-6-9-3-4-9/h5,9H,3-4,6H2,1-2H3,(H2,13,16)(H,14,15). The quantitative estimate of drug-likeness (QED) is 0.785. The van der Waals surface area contributed by atoms with E-state index in [4.69, 9.17) is 18.0 Å². The molecular weight excluding hydrogens is 218 g/mol. The van der Waals surface area contributed by atoms with Crippen LogP contribution in [0.5, 0.6) is 0 Å². The Morgan fingerprint density at radius 3 is 2.81 bits per heavy atom. The van der Waals surface area contributed by atoms with Gasteiger partial charge in [-0.25, -0.2) is 4.98 Å². The minimum absolute atomic E-state index is 0.420. The first-order valence-corrected chi connectivity index (χ1v) is 6.00. The second-order valence-electron chi connectivity index (χ2n) is 4.49. The number of thiocarbonyl (C=S) groups is 1. The monoisotopic (exact) mass is 235 g/mol. The van der Waals surface area contributed by atoms with Crippen molar-refractivity contribution >= 4 is 23.0 Å². The van der Waals surface area contributed by atoms with Gasteiger partial charge in [-0.15, -0.1) is 0 Å². The summed E-state index contributed by atoms with van der Waals surface area (Å²) in [5, 5.41) is 3.36. The van der Waals surface area contributed by atoms with E-state index in [0.29, 0.717) is 4.99 Å². The van der Waals surface area contributed by atoms with Gasteiger partial charge in [0.15, 0.2) is 0 Å². The summed E-state index contributed by atoms with van der Waals surface area (Å²) in [6.07, 6.45) is 2.64. The number of hydrogen-bond acceptors (Lipinski definition) is 3. The van der Waals surface area contributed by atoms with Gasteiger partial charge in [0.2, 0.25) is 0 Å². The van der Waals surface area contributed by atoms with E-state index in [1.807, 2.05) is 19.9 Å². The van der Waals surface area contributed by atoms with Crippen LogP contribution in [0.3, 0.4) is 0 Å². The first-order valence-electron chi connectivity index (χ1n) is 5.60. The summed E-state index contributed by atoms with van der Waals surface area (Å²) in [5.74, 6) is 1.65. The molecule has 1 aliphatic carbocycles. The molecule has 3 nitrogen and oxygen atoms in total. The predicted octanol–water partition coefficient (Wildman–Crippen LogP) is 2.15. The van der Waals surface area contributed by atoms with Gasteiger partial charge in [-0.3, -0.25) is 0 Å². The van der Waals surface area contributed by atoms with Crippen LogP contribution >= 0.6 is 12.2 Å². The maximum Gasteiger partial charge on any atom is 0.136 e. The largest absolute Gasteiger partial charge is 0.389 e. The first-order chi connectivity index (χ1) is 7.58. The summed E-state index contributed by atoms with van der Waals surface area (Å²) in [7, 11) is 0. The second-order valence-corrected chi connectivity index (χ2v) is 4.93. The number of aryl methyl sites for hydroxylation is 2. The van der Waals surface area contributed by atoms with E-state index < -0.39 is 0 Å². The van der Waals surface area contributed by atoms with Gasteiger partial charge in [0, 0.05) is 12.2 Å². The third-order valence-corrected chi connectivity index (χ3v) is 3.05. The molecule has 0 unspecified atom stereocenters. The highest BCUT2D eigenvalue weighted by Gasteiger charge is 2.21. The molecule has 0 atom stereocenters. The molecule has 3 N–H and O–H groups in total. The fourth-order valence-corrected chi connectivity index (χ4v) is 2.10. The van der Waals surface area contributed by atoms with Crippen molar-refractivity contribution in [2.24, 2.45) is 11.7 Å². The van der Waals surface area contributed by atoms with Crippen molar-refractivity contribution in [3.05, 3.63) is 22.9 Å². The Morgan fingerprint density at radius 2 is 2.25 bits per heavy atom. The minimum atomic E-state index is 0.420. The topological polar surface area (TPSA) is 50.9 Å². The number of rotatable bonds is 4. The molecule has 0 aliphatic heterocycles. The van der Waals surface area contributed by atoms with Gasteiger partial charge >= 0.3 is 0 Å². The molecule has 4 heteroatoms. The zero-order valence-electron chi connectivity index (χ0n) is 9.71. The highest BCUT2D eigenvalue weighted by molar-refractivity contribution is 7.80. The Hall–Kier alpha value is -1.16. The van der Waals surface area contributed by atoms with E-state index in [1.165, 1.54) is 12.8 Å². The van der Waals surface area contributed by atoms with Gasteiger partial charge in [-0.2, -0.15) is 0 Å². The lowest BCUT2D eigenvalue weighted by Gasteiger charge is -2.13. The molecule has 1 saturated carbocycles. The number of nitrogens with zero attached hydrogens (tertiary/aromatic N) is 1. The molecule has 0 amide bonds. The second kappa shape index (κ2) is 4.37. The minimum Gasteiger partial charge on any atom is -0.389 e. The molecule has 1 aliphatic rings. The SMILES string of the molecule is Cc1cc(C)c(C(N)=S)c(NCC2CC2)n1. The van der Waals surface area contributed by atoms with E-state index in [2.05, 4.69) is 10.3 Å². The molecule has 1 aromatic heterocycles. The van der Waals surface area contributed by atoms with Gasteiger partial charge in [0.1, 0.15) is 10.8 Å². The fourth-order valence-electron chi connectivity index (χ4n) is 1.84. The van der Waals surface area contributed by atoms with Crippen LogP contribution in [0.25, 0.3) is 0 Å². The van der Waals surface area contributed by atoms with Gasteiger partial charge in [-0.1, -0.05) is 12.2 Å². The van der Waals surface area contributed by atoms with Crippen molar-refractivity contribution < 1.29 is 0 Å². The smallest absolute Gasteiger partial charge is 0.136 e. The Kier molecular flexibility index (Phi) is 3.10. The summed E-state index contributed by atoms with van der Waals surface area (Å²) >= 11 is 5.07. The van der Waals surface area contributed by atoms with Crippen LogP contribution in [0.1, 0.15) is 29.7 Å². The van der Waals surface area contributed by atoms with Gasteiger partial charge in [0.05, 0.1) is 5.56 Å². The molecule has 0 saturated heterocycles. The average Bonchev–Trinajstić information content (AvgIpc) is 2.95. The zero-order valence-corrected chi connectivity index (χ0v) is 10.5. The van der Waals surface area contributed by atoms with Crippen LogP contribution in [0.15, 0.2) is 6.07 Å². The third-order valence-electron chi connectivity index (χ3n) is 2.85. The van der Waals surface area contributed by atoms with Crippen LogP contribution in [0, 0.1) is 19.8 Å². The van der Waals surface area contributed by atoms with Crippen molar-refractivity contribution in [1.82, 2.24) is 4.98 Å². The zero-order chi connectivity index (χ0) is 11.7. The molecule has 0 spiro atoms. The highest BCUT2D eigenvalue weighted by Crippen LogP contribution is 2.29. The van der Waals surface area contributed by atoms with E-state index in [1.54, 1.807) is 0 Å². The summed E-state index contributed by atoms with van der Waals surface area (Å²) in [4.78, 5) is 4.90. The number of anilines is 1. The van der Waals surface area contributed by atoms with E-state index >= 15 is 0 Å². The normalized spacial score (nSPS) is 14.9. The highest BCUT2D eigenvalue weighted by atomic mass is 32.1. The number of aromatic nitrogens is 1. The van der Waals surface area contributed by atoms with Gasteiger partial charge in [0.25, 0.3) is 0 Å². The Morgan fingerprint density at radius 1 is 1.56 bits per heavy atom. The number of pyridine rings is 1. The molecule has 1 fully saturated rings. The summed E-state index contributed by atoms with van der Waals surface area (Å²) < 4.78 is 0. The number of nitrogens with one attached hydrogen (secondary N) is 1. The number of nitrogens with two attached hydrogens (primary N) is 1. The van der Waals surface area contributed by atoms with Crippen LogP contribution in [-0.4, -0.2) is 16.5 Å². The molecule has 0 aromatic carbocycles. The van der Waals surface area contributed by atoms with Crippen molar-refractivity contribution in [1.29, 1.82) is 0 Å². The third kappa shape index (κ3) is 2.50. The first kappa shape index (κ1) is 11.3.